The number of carboxylic acid groups (broad SMARTS) is 1. The van der Waals surface area contributed by atoms with Crippen molar-refractivity contribution in [2.75, 3.05) is 5.75 Å². The Bertz CT molecular complexity index is 459. The van der Waals surface area contributed by atoms with Crippen molar-refractivity contribution in [3.8, 4) is 6.07 Å². The van der Waals surface area contributed by atoms with Crippen LogP contribution in [0.15, 0.2) is 18.2 Å². The van der Waals surface area contributed by atoms with Crippen molar-refractivity contribution in [2.45, 2.75) is 11.8 Å². The average Bonchev–Trinajstić information content (AvgIpc) is 2.30. The Labute approximate surface area is 108 Å². The summed E-state index contributed by atoms with van der Waals surface area (Å²) in [7, 11) is 0. The van der Waals surface area contributed by atoms with Crippen molar-refractivity contribution in [3.05, 3.63) is 34.3 Å². The third-order valence-electron chi connectivity index (χ3n) is 2.05. The fourth-order valence-electron chi connectivity index (χ4n) is 1.10. The van der Waals surface area contributed by atoms with E-state index in [0.29, 0.717) is 22.1 Å². The number of carboxylic acids is 1. The van der Waals surface area contributed by atoms with Gasteiger partial charge in [0.2, 0.25) is 0 Å². The van der Waals surface area contributed by atoms with E-state index in [-0.39, 0.29) is 0 Å². The summed E-state index contributed by atoms with van der Waals surface area (Å²) in [5.74, 6) is -0.111. The van der Waals surface area contributed by atoms with Gasteiger partial charge < -0.3 is 10.8 Å². The van der Waals surface area contributed by atoms with E-state index in [0.717, 1.165) is 5.56 Å². The molecule has 0 fully saturated rings. The molecule has 4 nitrogen and oxygen atoms in total. The third-order valence-corrected chi connectivity index (χ3v) is 3.52. The highest BCUT2D eigenvalue weighted by atomic mass is 35.5. The third kappa shape index (κ3) is 4.27. The molecular formula is C11H11ClN2O2S. The molecule has 0 aliphatic heterocycles. The van der Waals surface area contributed by atoms with Gasteiger partial charge in [0.15, 0.2) is 0 Å². The SMILES string of the molecule is N#Cc1ccc(CSC[C@@H](N)C(=O)O)c(Cl)c1. The van der Waals surface area contributed by atoms with E-state index in [2.05, 4.69) is 0 Å². The lowest BCUT2D eigenvalue weighted by Gasteiger charge is -2.07. The Hall–Kier alpha value is -1.22. The first-order chi connectivity index (χ1) is 8.04. The first-order valence-electron chi connectivity index (χ1n) is 4.79. The zero-order valence-electron chi connectivity index (χ0n) is 8.89. The van der Waals surface area contributed by atoms with Crippen molar-refractivity contribution in [1.82, 2.24) is 0 Å². The number of aliphatic carboxylic acids is 1. The molecule has 0 saturated carbocycles. The minimum absolute atomic E-state index is 0.325. The van der Waals surface area contributed by atoms with Crippen LogP contribution in [0.25, 0.3) is 0 Å². The van der Waals surface area contributed by atoms with E-state index >= 15 is 0 Å². The molecule has 6 heteroatoms. The van der Waals surface area contributed by atoms with Gasteiger partial charge in [0, 0.05) is 16.5 Å². The van der Waals surface area contributed by atoms with E-state index in [1.807, 2.05) is 6.07 Å². The fourth-order valence-corrected chi connectivity index (χ4v) is 2.41. The normalized spacial score (nSPS) is 11.8. The zero-order chi connectivity index (χ0) is 12.8. The van der Waals surface area contributed by atoms with Crippen LogP contribution in [0.4, 0.5) is 0 Å². The molecule has 1 rings (SSSR count). The molecule has 0 aromatic heterocycles. The standard InChI is InChI=1S/C11H11ClN2O2S/c12-9-3-7(4-13)1-2-8(9)5-17-6-10(14)11(15)16/h1-3,10H,5-6,14H2,(H,15,16)/t10-/m1/s1. The lowest BCUT2D eigenvalue weighted by atomic mass is 10.2. The van der Waals surface area contributed by atoms with Gasteiger partial charge in [-0.1, -0.05) is 17.7 Å². The highest BCUT2D eigenvalue weighted by Crippen LogP contribution is 2.22. The number of nitriles is 1. The van der Waals surface area contributed by atoms with Gasteiger partial charge in [-0.05, 0) is 17.7 Å². The maximum Gasteiger partial charge on any atom is 0.321 e. The summed E-state index contributed by atoms with van der Waals surface area (Å²) in [4.78, 5) is 10.5. The number of benzene rings is 1. The maximum atomic E-state index is 10.5. The Kier molecular flexibility index (Phi) is 5.29. The second kappa shape index (κ2) is 6.50. The Balaban J connectivity index is 2.53. The molecular weight excluding hydrogens is 260 g/mol. The summed E-state index contributed by atoms with van der Waals surface area (Å²) >= 11 is 7.37. The summed E-state index contributed by atoms with van der Waals surface area (Å²) in [6.45, 7) is 0. The summed E-state index contributed by atoms with van der Waals surface area (Å²) in [5, 5.41) is 17.8. The van der Waals surface area contributed by atoms with Crippen molar-refractivity contribution < 1.29 is 9.90 Å². The van der Waals surface area contributed by atoms with E-state index in [4.69, 9.17) is 27.7 Å². The van der Waals surface area contributed by atoms with Crippen LogP contribution >= 0.6 is 23.4 Å². The van der Waals surface area contributed by atoms with Crippen LogP contribution in [0.3, 0.4) is 0 Å². The van der Waals surface area contributed by atoms with Crippen LogP contribution in [-0.4, -0.2) is 22.9 Å². The number of carbonyl (C=O) groups is 1. The molecule has 3 N–H and O–H groups in total. The summed E-state index contributed by atoms with van der Waals surface area (Å²) in [5.41, 5.74) is 6.74. The molecule has 0 saturated heterocycles. The number of halogens is 1. The van der Waals surface area contributed by atoms with Gasteiger partial charge in [-0.25, -0.2) is 0 Å². The quantitative estimate of drug-likeness (QED) is 0.853. The molecule has 0 heterocycles. The van der Waals surface area contributed by atoms with E-state index in [1.165, 1.54) is 11.8 Å². The number of rotatable bonds is 5. The Morgan fingerprint density at radius 2 is 2.35 bits per heavy atom. The van der Waals surface area contributed by atoms with Gasteiger partial charge in [-0.15, -0.1) is 0 Å². The molecule has 1 atom stereocenters. The number of hydrogen-bond donors (Lipinski definition) is 2. The van der Waals surface area contributed by atoms with Gasteiger partial charge in [-0.2, -0.15) is 17.0 Å². The first kappa shape index (κ1) is 13.8. The second-order valence-electron chi connectivity index (χ2n) is 3.38. The molecule has 0 unspecified atom stereocenters. The molecule has 0 aliphatic carbocycles. The molecule has 0 bridgehead atoms. The predicted octanol–water partition coefficient (Wildman–Crippen LogP) is 1.86. The van der Waals surface area contributed by atoms with Gasteiger partial charge in [-0.3, -0.25) is 4.79 Å². The summed E-state index contributed by atoms with van der Waals surface area (Å²) in [6, 6.07) is 6.17. The van der Waals surface area contributed by atoms with Crippen LogP contribution < -0.4 is 5.73 Å². The van der Waals surface area contributed by atoms with Crippen molar-refractivity contribution in [1.29, 1.82) is 5.26 Å². The number of nitrogens with two attached hydrogens (primary N) is 1. The number of hydrogen-bond acceptors (Lipinski definition) is 4. The highest BCUT2D eigenvalue weighted by Gasteiger charge is 2.11. The highest BCUT2D eigenvalue weighted by molar-refractivity contribution is 7.98. The Morgan fingerprint density at radius 3 is 2.88 bits per heavy atom. The van der Waals surface area contributed by atoms with Gasteiger partial charge in [0.05, 0.1) is 11.6 Å². The van der Waals surface area contributed by atoms with Crippen molar-refractivity contribution in [2.24, 2.45) is 5.73 Å². The van der Waals surface area contributed by atoms with Gasteiger partial charge >= 0.3 is 5.97 Å². The van der Waals surface area contributed by atoms with E-state index < -0.39 is 12.0 Å². The molecule has 17 heavy (non-hydrogen) atoms. The van der Waals surface area contributed by atoms with Crippen LogP contribution in [0.1, 0.15) is 11.1 Å². The smallest absolute Gasteiger partial charge is 0.321 e. The summed E-state index contributed by atoms with van der Waals surface area (Å²) in [6.07, 6.45) is 0. The molecule has 0 radical (unpaired) electrons. The van der Waals surface area contributed by atoms with Crippen LogP contribution in [0.2, 0.25) is 5.02 Å². The Morgan fingerprint density at radius 1 is 1.65 bits per heavy atom. The monoisotopic (exact) mass is 270 g/mol. The zero-order valence-corrected chi connectivity index (χ0v) is 10.5. The molecule has 1 aromatic carbocycles. The average molecular weight is 271 g/mol. The minimum atomic E-state index is -1.01. The maximum absolute atomic E-state index is 10.5. The molecule has 90 valence electrons. The van der Waals surface area contributed by atoms with Gasteiger partial charge in [0.1, 0.15) is 6.04 Å². The minimum Gasteiger partial charge on any atom is -0.480 e. The van der Waals surface area contributed by atoms with Gasteiger partial charge in [0.25, 0.3) is 0 Å². The molecule has 0 aliphatic rings. The topological polar surface area (TPSA) is 87.1 Å². The first-order valence-corrected chi connectivity index (χ1v) is 6.32. The van der Waals surface area contributed by atoms with Crippen molar-refractivity contribution >= 4 is 29.3 Å². The molecule has 0 spiro atoms. The number of nitrogens with zero attached hydrogens (tertiary/aromatic N) is 1. The lowest BCUT2D eigenvalue weighted by Crippen LogP contribution is -2.32. The largest absolute Gasteiger partial charge is 0.480 e. The van der Waals surface area contributed by atoms with E-state index in [1.54, 1.807) is 18.2 Å². The predicted molar refractivity (Wildman–Crippen MR) is 67.9 cm³/mol. The molecule has 1 aromatic rings. The molecule has 0 amide bonds. The van der Waals surface area contributed by atoms with Crippen LogP contribution in [-0.2, 0) is 10.5 Å². The summed E-state index contributed by atoms with van der Waals surface area (Å²) < 4.78 is 0. The van der Waals surface area contributed by atoms with Crippen LogP contribution in [0.5, 0.6) is 0 Å². The van der Waals surface area contributed by atoms with E-state index in [9.17, 15) is 4.79 Å². The second-order valence-corrected chi connectivity index (χ2v) is 4.82. The van der Waals surface area contributed by atoms with Crippen LogP contribution in [0, 0.1) is 11.3 Å². The number of thioether (sulfide) groups is 1. The van der Waals surface area contributed by atoms with Crippen molar-refractivity contribution in [3.63, 3.8) is 0 Å². The lowest BCUT2D eigenvalue weighted by molar-refractivity contribution is -0.137. The fraction of sp³-hybridized carbons (Fsp3) is 0.273.